The fourth-order valence-electron chi connectivity index (χ4n) is 1.86. The third kappa shape index (κ3) is 3.08. The van der Waals surface area contributed by atoms with Gasteiger partial charge in [0.2, 0.25) is 0 Å². The van der Waals surface area contributed by atoms with E-state index in [1.165, 1.54) is 11.1 Å². The van der Waals surface area contributed by atoms with Crippen LogP contribution in [0, 0.1) is 0 Å². The fraction of sp³-hybridized carbons (Fsp3) is 0.286. The van der Waals surface area contributed by atoms with Crippen LogP contribution in [0.25, 0.3) is 0 Å². The first-order chi connectivity index (χ1) is 8.33. The van der Waals surface area contributed by atoms with E-state index in [4.69, 9.17) is 4.74 Å². The van der Waals surface area contributed by atoms with Crippen molar-refractivity contribution in [1.29, 1.82) is 0 Å². The normalized spacial score (nSPS) is 12.4. The number of rotatable bonds is 5. The summed E-state index contributed by atoms with van der Waals surface area (Å²) in [5.41, 5.74) is 2.67. The lowest BCUT2D eigenvalue weighted by molar-refractivity contribution is 0.414. The minimum absolute atomic E-state index is 0.384. The maximum Gasteiger partial charge on any atom is 0.118 e. The van der Waals surface area contributed by atoms with Gasteiger partial charge in [0.25, 0.3) is 0 Å². The van der Waals surface area contributed by atoms with Crippen LogP contribution >= 0.6 is 11.3 Å². The highest BCUT2D eigenvalue weighted by atomic mass is 32.1. The Kier molecular flexibility index (Phi) is 4.18. The van der Waals surface area contributed by atoms with Crippen molar-refractivity contribution in [2.75, 3.05) is 14.2 Å². The van der Waals surface area contributed by atoms with E-state index in [0.29, 0.717) is 6.04 Å². The van der Waals surface area contributed by atoms with Gasteiger partial charge >= 0.3 is 0 Å². The van der Waals surface area contributed by atoms with Crippen molar-refractivity contribution in [3.8, 4) is 5.75 Å². The highest BCUT2D eigenvalue weighted by Gasteiger charge is 2.10. The molecule has 0 fully saturated rings. The summed E-state index contributed by atoms with van der Waals surface area (Å²) in [4.78, 5) is 0. The molecule has 0 bridgehead atoms. The number of nitrogens with one attached hydrogen (secondary N) is 1. The van der Waals surface area contributed by atoms with Gasteiger partial charge in [-0.25, -0.2) is 0 Å². The molecule has 1 atom stereocenters. The zero-order chi connectivity index (χ0) is 12.1. The summed E-state index contributed by atoms with van der Waals surface area (Å²) >= 11 is 1.74. The molecule has 90 valence electrons. The summed E-state index contributed by atoms with van der Waals surface area (Å²) in [6, 6.07) is 10.8. The van der Waals surface area contributed by atoms with E-state index >= 15 is 0 Å². The molecule has 2 rings (SSSR count). The molecule has 0 aliphatic heterocycles. The van der Waals surface area contributed by atoms with E-state index in [-0.39, 0.29) is 0 Å². The van der Waals surface area contributed by atoms with Crippen molar-refractivity contribution in [1.82, 2.24) is 5.32 Å². The first kappa shape index (κ1) is 12.1. The molecule has 0 saturated heterocycles. The SMILES string of the molecule is CNC(Cc1ccc(OC)cc1)c1ccsc1. The zero-order valence-electron chi connectivity index (χ0n) is 10.1. The van der Waals surface area contributed by atoms with Crippen molar-refractivity contribution in [2.45, 2.75) is 12.5 Å². The van der Waals surface area contributed by atoms with E-state index in [1.54, 1.807) is 18.4 Å². The third-order valence-corrected chi connectivity index (χ3v) is 3.59. The molecular formula is C14H17NOS. The summed E-state index contributed by atoms with van der Waals surface area (Å²) in [5.74, 6) is 0.908. The van der Waals surface area contributed by atoms with Gasteiger partial charge in [-0.05, 0) is 53.6 Å². The van der Waals surface area contributed by atoms with Crippen molar-refractivity contribution in [3.05, 3.63) is 52.2 Å². The van der Waals surface area contributed by atoms with Gasteiger partial charge in [-0.3, -0.25) is 0 Å². The van der Waals surface area contributed by atoms with Gasteiger partial charge in [-0.1, -0.05) is 12.1 Å². The van der Waals surface area contributed by atoms with E-state index in [1.807, 2.05) is 19.2 Å². The molecule has 0 aliphatic rings. The Bertz CT molecular complexity index is 436. The number of likely N-dealkylation sites (N-methyl/N-ethyl adjacent to an activating group) is 1. The van der Waals surface area contributed by atoms with Crippen LogP contribution in [0.4, 0.5) is 0 Å². The molecule has 17 heavy (non-hydrogen) atoms. The standard InChI is InChI=1S/C14H17NOS/c1-15-14(12-7-8-17-10-12)9-11-3-5-13(16-2)6-4-11/h3-8,10,14-15H,9H2,1-2H3. The van der Waals surface area contributed by atoms with Crippen LogP contribution in [-0.4, -0.2) is 14.2 Å². The maximum atomic E-state index is 5.16. The molecule has 1 unspecified atom stereocenters. The Balaban J connectivity index is 2.07. The van der Waals surface area contributed by atoms with Crippen LogP contribution in [-0.2, 0) is 6.42 Å². The monoisotopic (exact) mass is 247 g/mol. The predicted molar refractivity (Wildman–Crippen MR) is 72.8 cm³/mol. The fourth-order valence-corrected chi connectivity index (χ4v) is 2.57. The summed E-state index contributed by atoms with van der Waals surface area (Å²) in [6.45, 7) is 0. The Labute approximate surface area is 106 Å². The van der Waals surface area contributed by atoms with E-state index in [2.05, 4.69) is 34.3 Å². The molecule has 2 nitrogen and oxygen atoms in total. The van der Waals surface area contributed by atoms with Gasteiger partial charge in [0.05, 0.1) is 7.11 Å². The van der Waals surface area contributed by atoms with Crippen LogP contribution in [0.5, 0.6) is 5.75 Å². The van der Waals surface area contributed by atoms with Crippen LogP contribution in [0.3, 0.4) is 0 Å². The lowest BCUT2D eigenvalue weighted by Crippen LogP contribution is -2.18. The quantitative estimate of drug-likeness (QED) is 0.875. The first-order valence-corrected chi connectivity index (χ1v) is 6.60. The minimum atomic E-state index is 0.384. The molecule has 0 saturated carbocycles. The molecule has 1 N–H and O–H groups in total. The zero-order valence-corrected chi connectivity index (χ0v) is 11.0. The number of ether oxygens (including phenoxy) is 1. The van der Waals surface area contributed by atoms with Crippen molar-refractivity contribution < 1.29 is 4.74 Å². The molecule has 0 aliphatic carbocycles. The summed E-state index contributed by atoms with van der Waals surface area (Å²) in [5, 5.41) is 7.67. The lowest BCUT2D eigenvalue weighted by Gasteiger charge is -2.15. The molecule has 1 heterocycles. The van der Waals surface area contributed by atoms with Crippen LogP contribution in [0.15, 0.2) is 41.1 Å². The summed E-state index contributed by atoms with van der Waals surface area (Å²) < 4.78 is 5.16. The number of methoxy groups -OCH3 is 1. The second kappa shape index (κ2) is 5.84. The van der Waals surface area contributed by atoms with Crippen LogP contribution in [0.1, 0.15) is 17.2 Å². The molecule has 0 spiro atoms. The van der Waals surface area contributed by atoms with Crippen LogP contribution < -0.4 is 10.1 Å². The molecule has 2 aromatic rings. The first-order valence-electron chi connectivity index (χ1n) is 5.65. The predicted octanol–water partition coefficient (Wildman–Crippen LogP) is 3.26. The second-order valence-electron chi connectivity index (χ2n) is 3.95. The highest BCUT2D eigenvalue weighted by molar-refractivity contribution is 7.07. The average molecular weight is 247 g/mol. The molecule has 0 amide bonds. The van der Waals surface area contributed by atoms with Gasteiger partial charge in [0.1, 0.15) is 5.75 Å². The second-order valence-corrected chi connectivity index (χ2v) is 4.73. The lowest BCUT2D eigenvalue weighted by atomic mass is 10.0. The van der Waals surface area contributed by atoms with Crippen LogP contribution in [0.2, 0.25) is 0 Å². The Morgan fingerprint density at radius 1 is 1.24 bits per heavy atom. The molecule has 3 heteroatoms. The van der Waals surface area contributed by atoms with Crippen molar-refractivity contribution >= 4 is 11.3 Å². The third-order valence-electron chi connectivity index (χ3n) is 2.89. The maximum absolute atomic E-state index is 5.16. The highest BCUT2D eigenvalue weighted by Crippen LogP contribution is 2.21. The average Bonchev–Trinajstić information content (AvgIpc) is 2.90. The van der Waals surface area contributed by atoms with Crippen molar-refractivity contribution in [3.63, 3.8) is 0 Å². The molecular weight excluding hydrogens is 230 g/mol. The Morgan fingerprint density at radius 3 is 2.53 bits per heavy atom. The van der Waals surface area contributed by atoms with Gasteiger partial charge in [0.15, 0.2) is 0 Å². The van der Waals surface area contributed by atoms with E-state index in [0.717, 1.165) is 12.2 Å². The molecule has 1 aromatic carbocycles. The number of thiophene rings is 1. The number of hydrogen-bond acceptors (Lipinski definition) is 3. The van der Waals surface area contributed by atoms with Gasteiger partial charge < -0.3 is 10.1 Å². The molecule has 1 aromatic heterocycles. The van der Waals surface area contributed by atoms with E-state index < -0.39 is 0 Å². The largest absolute Gasteiger partial charge is 0.497 e. The van der Waals surface area contributed by atoms with Crippen molar-refractivity contribution in [2.24, 2.45) is 0 Å². The summed E-state index contributed by atoms with van der Waals surface area (Å²) in [6.07, 6.45) is 0.997. The van der Waals surface area contributed by atoms with E-state index in [9.17, 15) is 0 Å². The Morgan fingerprint density at radius 2 is 2.00 bits per heavy atom. The van der Waals surface area contributed by atoms with Gasteiger partial charge in [-0.2, -0.15) is 11.3 Å². The topological polar surface area (TPSA) is 21.3 Å². The smallest absolute Gasteiger partial charge is 0.118 e. The van der Waals surface area contributed by atoms with Gasteiger partial charge in [0, 0.05) is 6.04 Å². The Hall–Kier alpha value is -1.32. The number of benzene rings is 1. The molecule has 0 radical (unpaired) electrons. The minimum Gasteiger partial charge on any atom is -0.497 e. The van der Waals surface area contributed by atoms with Gasteiger partial charge in [-0.15, -0.1) is 0 Å². The number of hydrogen-bond donors (Lipinski definition) is 1. The summed E-state index contributed by atoms with van der Waals surface area (Å²) in [7, 11) is 3.70.